The normalized spacial score (nSPS) is 11.4. The molecule has 6 nitrogen and oxygen atoms in total. The Bertz CT molecular complexity index is 539. The van der Waals surface area contributed by atoms with Gasteiger partial charge in [-0.1, -0.05) is 13.8 Å². The summed E-state index contributed by atoms with van der Waals surface area (Å²) in [6.45, 7) is 4.14. The average molecular weight is 207 g/mol. The number of aromatic amines is 1. The van der Waals surface area contributed by atoms with Gasteiger partial charge >= 0.3 is 0 Å². The van der Waals surface area contributed by atoms with Crippen molar-refractivity contribution in [3.63, 3.8) is 0 Å². The lowest BCUT2D eigenvalue weighted by Crippen LogP contribution is -2.16. The number of nitrogens with zero attached hydrogens (tertiary/aromatic N) is 3. The molecule has 0 bridgehead atoms. The van der Waals surface area contributed by atoms with E-state index < -0.39 is 0 Å². The van der Waals surface area contributed by atoms with Crippen LogP contribution in [-0.4, -0.2) is 19.6 Å². The van der Waals surface area contributed by atoms with Gasteiger partial charge in [-0.2, -0.15) is 9.50 Å². The van der Waals surface area contributed by atoms with Gasteiger partial charge in [0, 0.05) is 6.07 Å². The van der Waals surface area contributed by atoms with Gasteiger partial charge < -0.3 is 5.73 Å². The van der Waals surface area contributed by atoms with E-state index in [4.69, 9.17) is 5.73 Å². The standard InChI is InChI=1S/C9H13N5O/c1-5(2)3-6-4-7(15)14-9(11-6)12-8(10)13-14/h4-5H,3H2,1-2H3,(H3,10,11,12,13). The maximum atomic E-state index is 11.6. The van der Waals surface area contributed by atoms with Crippen molar-refractivity contribution in [1.82, 2.24) is 19.6 Å². The first-order valence-corrected chi connectivity index (χ1v) is 4.80. The Labute approximate surface area is 86.1 Å². The Morgan fingerprint density at radius 3 is 2.93 bits per heavy atom. The minimum absolute atomic E-state index is 0.181. The number of hydrogen-bond donors (Lipinski definition) is 2. The Morgan fingerprint density at radius 1 is 1.53 bits per heavy atom. The molecule has 0 aliphatic heterocycles. The zero-order valence-electron chi connectivity index (χ0n) is 8.69. The van der Waals surface area contributed by atoms with Gasteiger partial charge in [0.15, 0.2) is 0 Å². The predicted octanol–water partition coefficient (Wildman–Crippen LogP) is 0.198. The molecule has 0 radical (unpaired) electrons. The fraction of sp³-hybridized carbons (Fsp3) is 0.444. The monoisotopic (exact) mass is 207 g/mol. The quantitative estimate of drug-likeness (QED) is 0.736. The van der Waals surface area contributed by atoms with Gasteiger partial charge in [0.25, 0.3) is 11.3 Å². The van der Waals surface area contributed by atoms with Crippen LogP contribution in [0.3, 0.4) is 0 Å². The summed E-state index contributed by atoms with van der Waals surface area (Å²) < 4.78 is 1.24. The molecule has 0 unspecified atom stereocenters. The van der Waals surface area contributed by atoms with E-state index in [1.54, 1.807) is 0 Å². The van der Waals surface area contributed by atoms with Gasteiger partial charge in [0.2, 0.25) is 5.95 Å². The Morgan fingerprint density at radius 2 is 2.27 bits per heavy atom. The predicted molar refractivity (Wildman–Crippen MR) is 56.6 cm³/mol. The zero-order valence-corrected chi connectivity index (χ0v) is 8.69. The van der Waals surface area contributed by atoms with Crippen molar-refractivity contribution >= 4 is 11.7 Å². The second-order valence-corrected chi connectivity index (χ2v) is 3.93. The van der Waals surface area contributed by atoms with Crippen molar-refractivity contribution in [2.45, 2.75) is 20.3 Å². The van der Waals surface area contributed by atoms with Gasteiger partial charge in [-0.15, -0.1) is 0 Å². The number of nitrogen functional groups attached to an aromatic ring is 1. The van der Waals surface area contributed by atoms with Crippen LogP contribution in [0.25, 0.3) is 5.78 Å². The number of H-pyrrole nitrogens is 1. The molecule has 0 saturated carbocycles. The van der Waals surface area contributed by atoms with Crippen LogP contribution in [0.5, 0.6) is 0 Å². The average Bonchev–Trinajstić information content (AvgIpc) is 2.44. The van der Waals surface area contributed by atoms with E-state index in [1.807, 2.05) is 0 Å². The minimum atomic E-state index is -0.181. The maximum Gasteiger partial charge on any atom is 0.274 e. The molecule has 0 saturated heterocycles. The molecule has 15 heavy (non-hydrogen) atoms. The van der Waals surface area contributed by atoms with Crippen LogP contribution in [0.1, 0.15) is 19.5 Å². The summed E-state index contributed by atoms with van der Waals surface area (Å²) >= 11 is 0. The first-order chi connectivity index (χ1) is 7.06. The van der Waals surface area contributed by atoms with Crippen molar-refractivity contribution in [3.05, 3.63) is 22.1 Å². The molecule has 0 atom stereocenters. The first kappa shape index (κ1) is 9.70. The van der Waals surface area contributed by atoms with Crippen LogP contribution in [0.4, 0.5) is 5.95 Å². The summed E-state index contributed by atoms with van der Waals surface area (Å²) in [6.07, 6.45) is 0.762. The van der Waals surface area contributed by atoms with Crippen LogP contribution in [-0.2, 0) is 6.42 Å². The third-order valence-electron chi connectivity index (χ3n) is 2.02. The molecule has 0 fully saturated rings. The van der Waals surface area contributed by atoms with Crippen LogP contribution >= 0.6 is 0 Å². The van der Waals surface area contributed by atoms with E-state index in [0.29, 0.717) is 11.7 Å². The molecular weight excluding hydrogens is 194 g/mol. The molecule has 3 N–H and O–H groups in total. The molecular formula is C9H13N5O. The van der Waals surface area contributed by atoms with E-state index in [-0.39, 0.29) is 11.5 Å². The van der Waals surface area contributed by atoms with E-state index >= 15 is 0 Å². The molecule has 0 aliphatic rings. The summed E-state index contributed by atoms with van der Waals surface area (Å²) in [7, 11) is 0. The van der Waals surface area contributed by atoms with Crippen molar-refractivity contribution in [3.8, 4) is 0 Å². The first-order valence-electron chi connectivity index (χ1n) is 4.80. The molecule has 0 spiro atoms. The maximum absolute atomic E-state index is 11.6. The van der Waals surface area contributed by atoms with Crippen molar-refractivity contribution in [2.75, 3.05) is 5.73 Å². The summed E-state index contributed by atoms with van der Waals surface area (Å²) in [5.74, 6) is 0.979. The second-order valence-electron chi connectivity index (χ2n) is 3.93. The lowest BCUT2D eigenvalue weighted by Gasteiger charge is -2.02. The van der Waals surface area contributed by atoms with Crippen LogP contribution in [0.2, 0.25) is 0 Å². The SMILES string of the molecule is CC(C)Cc1cc(=O)n2[nH]c(N)nc2n1. The minimum Gasteiger partial charge on any atom is -0.368 e. The number of fused-ring (bicyclic) bond motifs is 1. The fourth-order valence-corrected chi connectivity index (χ4v) is 1.47. The Kier molecular flexibility index (Phi) is 2.18. The van der Waals surface area contributed by atoms with E-state index in [9.17, 15) is 4.79 Å². The molecule has 2 rings (SSSR count). The number of nitrogens with two attached hydrogens (primary N) is 1. The Hall–Kier alpha value is -1.85. The molecule has 2 aromatic heterocycles. The van der Waals surface area contributed by atoms with E-state index in [2.05, 4.69) is 28.9 Å². The topological polar surface area (TPSA) is 89.1 Å². The van der Waals surface area contributed by atoms with Gasteiger partial charge in [-0.3, -0.25) is 9.89 Å². The number of nitrogens with one attached hydrogen (secondary N) is 1. The molecule has 2 aromatic rings. The molecule has 0 aliphatic carbocycles. The molecule has 2 heterocycles. The second kappa shape index (κ2) is 3.38. The highest BCUT2D eigenvalue weighted by atomic mass is 16.1. The van der Waals surface area contributed by atoms with E-state index in [1.165, 1.54) is 10.6 Å². The number of aromatic nitrogens is 4. The smallest absolute Gasteiger partial charge is 0.274 e. The highest BCUT2D eigenvalue weighted by Gasteiger charge is 2.07. The molecule has 0 amide bonds. The van der Waals surface area contributed by atoms with Gasteiger partial charge in [0.1, 0.15) is 0 Å². The summed E-state index contributed by atoms with van der Waals surface area (Å²) in [5, 5.41) is 2.62. The number of rotatable bonds is 2. The van der Waals surface area contributed by atoms with E-state index in [0.717, 1.165) is 12.1 Å². The Balaban J connectivity index is 2.57. The van der Waals surface area contributed by atoms with Crippen molar-refractivity contribution in [1.29, 1.82) is 0 Å². The van der Waals surface area contributed by atoms with Crippen molar-refractivity contribution < 1.29 is 0 Å². The zero-order chi connectivity index (χ0) is 11.0. The van der Waals surface area contributed by atoms with Crippen molar-refractivity contribution in [2.24, 2.45) is 5.92 Å². The summed E-state index contributed by atoms with van der Waals surface area (Å²) in [5.41, 5.74) is 6.02. The summed E-state index contributed by atoms with van der Waals surface area (Å²) in [6, 6.07) is 1.50. The highest BCUT2D eigenvalue weighted by molar-refractivity contribution is 5.34. The van der Waals surface area contributed by atoms with Crippen LogP contribution < -0.4 is 11.3 Å². The summed E-state index contributed by atoms with van der Waals surface area (Å²) in [4.78, 5) is 19.7. The lowest BCUT2D eigenvalue weighted by atomic mass is 10.1. The number of hydrogen-bond acceptors (Lipinski definition) is 4. The van der Waals surface area contributed by atoms with Gasteiger partial charge in [0.05, 0.1) is 5.69 Å². The van der Waals surface area contributed by atoms with Crippen LogP contribution in [0.15, 0.2) is 10.9 Å². The third kappa shape index (κ3) is 1.83. The highest BCUT2D eigenvalue weighted by Crippen LogP contribution is 2.04. The fourth-order valence-electron chi connectivity index (χ4n) is 1.47. The van der Waals surface area contributed by atoms with Gasteiger partial charge in [-0.05, 0) is 12.3 Å². The molecule has 80 valence electrons. The number of anilines is 1. The third-order valence-corrected chi connectivity index (χ3v) is 2.02. The largest absolute Gasteiger partial charge is 0.368 e. The van der Waals surface area contributed by atoms with Gasteiger partial charge in [-0.25, -0.2) is 4.98 Å². The lowest BCUT2D eigenvalue weighted by molar-refractivity contribution is 0.633. The van der Waals surface area contributed by atoms with Crippen LogP contribution in [0, 0.1) is 5.92 Å². The molecule has 0 aromatic carbocycles. The molecule has 6 heteroatoms.